The highest BCUT2D eigenvalue weighted by atomic mass is 16.5. The minimum atomic E-state index is 0.0457. The second-order valence-corrected chi connectivity index (χ2v) is 2.97. The van der Waals surface area contributed by atoms with Crippen molar-refractivity contribution in [3.63, 3.8) is 0 Å². The van der Waals surface area contributed by atoms with E-state index in [0.717, 1.165) is 25.9 Å². The van der Waals surface area contributed by atoms with Gasteiger partial charge >= 0.3 is 0 Å². The summed E-state index contributed by atoms with van der Waals surface area (Å²) in [6.07, 6.45) is 7.29. The van der Waals surface area contributed by atoms with Crippen molar-refractivity contribution in [2.75, 3.05) is 19.7 Å². The van der Waals surface area contributed by atoms with E-state index in [2.05, 4.69) is 6.42 Å². The minimum absolute atomic E-state index is 0.0457. The van der Waals surface area contributed by atoms with Crippen molar-refractivity contribution in [1.82, 2.24) is 4.90 Å². The minimum Gasteiger partial charge on any atom is -0.501 e. The Morgan fingerprint density at radius 3 is 3.15 bits per heavy atom. The van der Waals surface area contributed by atoms with Gasteiger partial charge in [0.15, 0.2) is 0 Å². The third-order valence-electron chi connectivity index (χ3n) is 1.97. The third-order valence-corrected chi connectivity index (χ3v) is 1.97. The topological polar surface area (TPSA) is 29.5 Å². The quantitative estimate of drug-likeness (QED) is 0.487. The molecule has 0 atom stereocenters. The predicted octanol–water partition coefficient (Wildman–Crippen LogP) is 1.36. The number of likely N-dealkylation sites (tertiary alicyclic amines) is 1. The normalized spacial score (nSPS) is 17.8. The van der Waals surface area contributed by atoms with Crippen LogP contribution >= 0.6 is 0 Å². The molecule has 13 heavy (non-hydrogen) atoms. The molecule has 1 aliphatic heterocycles. The van der Waals surface area contributed by atoms with Gasteiger partial charge in [0.05, 0.1) is 12.9 Å². The van der Waals surface area contributed by atoms with E-state index in [0.29, 0.717) is 6.61 Å². The van der Waals surface area contributed by atoms with E-state index in [-0.39, 0.29) is 5.91 Å². The highest BCUT2D eigenvalue weighted by Crippen LogP contribution is 2.07. The van der Waals surface area contributed by atoms with Gasteiger partial charge in [-0.1, -0.05) is 0 Å². The number of rotatable bonds is 3. The lowest BCUT2D eigenvalue weighted by atomic mass is 10.1. The predicted molar refractivity (Wildman–Crippen MR) is 50.9 cm³/mol. The first-order chi connectivity index (χ1) is 6.34. The SMILES string of the molecule is CCOC=CC(=O)N1C[CH]CCC1. The van der Waals surface area contributed by atoms with Crippen molar-refractivity contribution in [2.24, 2.45) is 0 Å². The number of ether oxygens (including phenoxy) is 1. The van der Waals surface area contributed by atoms with Crippen LogP contribution in [0.3, 0.4) is 0 Å². The van der Waals surface area contributed by atoms with Crippen LogP contribution < -0.4 is 0 Å². The van der Waals surface area contributed by atoms with Gasteiger partial charge in [-0.2, -0.15) is 0 Å². The molecule has 73 valence electrons. The fourth-order valence-electron chi connectivity index (χ4n) is 1.27. The lowest BCUT2D eigenvalue weighted by Gasteiger charge is -2.24. The Bertz CT molecular complexity index is 183. The van der Waals surface area contributed by atoms with Crippen LogP contribution in [0.4, 0.5) is 0 Å². The van der Waals surface area contributed by atoms with E-state index in [1.165, 1.54) is 12.3 Å². The van der Waals surface area contributed by atoms with Gasteiger partial charge in [0.2, 0.25) is 5.91 Å². The summed E-state index contributed by atoms with van der Waals surface area (Å²) in [5, 5.41) is 0. The number of hydrogen-bond donors (Lipinski definition) is 0. The average Bonchev–Trinajstić information content (AvgIpc) is 2.19. The molecule has 0 spiro atoms. The first-order valence-corrected chi connectivity index (χ1v) is 4.73. The maximum absolute atomic E-state index is 11.4. The molecule has 1 aliphatic rings. The molecular weight excluding hydrogens is 166 g/mol. The van der Waals surface area contributed by atoms with Gasteiger partial charge in [0, 0.05) is 19.2 Å². The zero-order valence-electron chi connectivity index (χ0n) is 8.03. The van der Waals surface area contributed by atoms with Gasteiger partial charge in [-0.25, -0.2) is 0 Å². The molecule has 3 heteroatoms. The van der Waals surface area contributed by atoms with Crippen molar-refractivity contribution in [3.05, 3.63) is 18.8 Å². The van der Waals surface area contributed by atoms with Crippen molar-refractivity contribution < 1.29 is 9.53 Å². The van der Waals surface area contributed by atoms with E-state index in [9.17, 15) is 4.79 Å². The number of amides is 1. The first kappa shape index (κ1) is 10.1. The number of piperidine rings is 1. The second-order valence-electron chi connectivity index (χ2n) is 2.97. The van der Waals surface area contributed by atoms with Crippen molar-refractivity contribution >= 4 is 5.91 Å². The first-order valence-electron chi connectivity index (χ1n) is 4.73. The average molecular weight is 182 g/mol. The summed E-state index contributed by atoms with van der Waals surface area (Å²) in [4.78, 5) is 13.2. The lowest BCUT2D eigenvalue weighted by molar-refractivity contribution is -0.126. The maximum atomic E-state index is 11.4. The highest BCUT2D eigenvalue weighted by Gasteiger charge is 2.13. The molecule has 0 aromatic rings. The van der Waals surface area contributed by atoms with E-state index < -0.39 is 0 Å². The van der Waals surface area contributed by atoms with Crippen LogP contribution in [-0.4, -0.2) is 30.5 Å². The Labute approximate surface area is 79.4 Å². The zero-order chi connectivity index (χ0) is 9.52. The van der Waals surface area contributed by atoms with Gasteiger partial charge in [-0.05, 0) is 26.2 Å². The molecule has 1 saturated heterocycles. The summed E-state index contributed by atoms with van der Waals surface area (Å²) < 4.78 is 4.96. The molecule has 0 N–H and O–H groups in total. The number of carbonyl (C=O) groups excluding carboxylic acids is 1. The summed E-state index contributed by atoms with van der Waals surface area (Å²) in [5.41, 5.74) is 0. The molecule has 1 amide bonds. The molecule has 1 fully saturated rings. The molecule has 0 aliphatic carbocycles. The van der Waals surface area contributed by atoms with Crippen LogP contribution in [0.5, 0.6) is 0 Å². The fourth-order valence-corrected chi connectivity index (χ4v) is 1.27. The fraction of sp³-hybridized carbons (Fsp3) is 0.600. The van der Waals surface area contributed by atoms with Crippen molar-refractivity contribution in [2.45, 2.75) is 19.8 Å². The highest BCUT2D eigenvalue weighted by molar-refractivity contribution is 5.87. The van der Waals surface area contributed by atoms with Gasteiger partial charge in [0.1, 0.15) is 0 Å². The van der Waals surface area contributed by atoms with Gasteiger partial charge < -0.3 is 9.64 Å². The van der Waals surface area contributed by atoms with Crippen LogP contribution in [0.1, 0.15) is 19.8 Å². The van der Waals surface area contributed by atoms with Crippen molar-refractivity contribution in [3.8, 4) is 0 Å². The zero-order valence-corrected chi connectivity index (χ0v) is 8.03. The van der Waals surface area contributed by atoms with Gasteiger partial charge in [-0.15, -0.1) is 0 Å². The summed E-state index contributed by atoms with van der Waals surface area (Å²) in [7, 11) is 0. The third kappa shape index (κ3) is 3.49. The van der Waals surface area contributed by atoms with Gasteiger partial charge in [0.25, 0.3) is 0 Å². The molecule has 0 unspecified atom stereocenters. The molecule has 0 aromatic carbocycles. The Kier molecular flexibility index (Phi) is 4.36. The Balaban J connectivity index is 2.28. The van der Waals surface area contributed by atoms with E-state index in [4.69, 9.17) is 4.74 Å². The number of hydrogen-bond acceptors (Lipinski definition) is 2. The van der Waals surface area contributed by atoms with Crippen LogP contribution in [0.25, 0.3) is 0 Å². The summed E-state index contributed by atoms with van der Waals surface area (Å²) >= 11 is 0. The molecule has 0 saturated carbocycles. The molecule has 3 nitrogen and oxygen atoms in total. The molecule has 1 rings (SSSR count). The molecule has 1 radical (unpaired) electrons. The Morgan fingerprint density at radius 1 is 1.69 bits per heavy atom. The maximum Gasteiger partial charge on any atom is 0.249 e. The lowest BCUT2D eigenvalue weighted by Crippen LogP contribution is -2.34. The summed E-state index contributed by atoms with van der Waals surface area (Å²) in [6.45, 7) is 4.14. The molecular formula is C10H16NO2. The van der Waals surface area contributed by atoms with Crippen LogP contribution in [-0.2, 0) is 9.53 Å². The largest absolute Gasteiger partial charge is 0.501 e. The summed E-state index contributed by atoms with van der Waals surface area (Å²) in [6, 6.07) is 0. The number of carbonyl (C=O) groups is 1. The monoisotopic (exact) mass is 182 g/mol. The second kappa shape index (κ2) is 5.62. The van der Waals surface area contributed by atoms with E-state index >= 15 is 0 Å². The number of nitrogens with zero attached hydrogens (tertiary/aromatic N) is 1. The van der Waals surface area contributed by atoms with E-state index in [1.807, 2.05) is 11.8 Å². The standard InChI is InChI=1S/C10H16NO2/c1-2-13-9-6-10(12)11-7-4-3-5-8-11/h4,6,9H,2-3,5,7-8H2,1H3. The Hall–Kier alpha value is -0.990. The Morgan fingerprint density at radius 2 is 2.54 bits per heavy atom. The van der Waals surface area contributed by atoms with E-state index in [1.54, 1.807) is 0 Å². The molecule has 0 bridgehead atoms. The van der Waals surface area contributed by atoms with Gasteiger partial charge in [-0.3, -0.25) is 4.79 Å². The molecule has 1 heterocycles. The van der Waals surface area contributed by atoms with Crippen LogP contribution in [0.15, 0.2) is 12.3 Å². The van der Waals surface area contributed by atoms with Crippen molar-refractivity contribution in [1.29, 1.82) is 0 Å². The van der Waals surface area contributed by atoms with Crippen LogP contribution in [0.2, 0.25) is 0 Å². The smallest absolute Gasteiger partial charge is 0.249 e. The molecule has 0 aromatic heterocycles. The summed E-state index contributed by atoms with van der Waals surface area (Å²) in [5.74, 6) is 0.0457. The van der Waals surface area contributed by atoms with Crippen LogP contribution in [0, 0.1) is 6.42 Å².